The molecule has 0 fully saturated rings. The number of nitrogens with zero attached hydrogens (tertiary/aromatic N) is 2. The van der Waals surface area contributed by atoms with Crippen molar-refractivity contribution in [2.45, 2.75) is 26.3 Å². The number of aryl methyl sites for hydroxylation is 1. The number of hydrogen-bond acceptors (Lipinski definition) is 2. The normalized spacial score (nSPS) is 11.2. The van der Waals surface area contributed by atoms with Crippen molar-refractivity contribution in [2.75, 3.05) is 0 Å². The van der Waals surface area contributed by atoms with Crippen LogP contribution in [-0.4, -0.2) is 9.55 Å². The van der Waals surface area contributed by atoms with E-state index in [9.17, 15) is 4.79 Å². The van der Waals surface area contributed by atoms with Crippen molar-refractivity contribution in [3.8, 4) is 33.6 Å². The Morgan fingerprint density at radius 3 is 1.89 bits per heavy atom. The second-order valence-electron chi connectivity index (χ2n) is 8.57. The van der Waals surface area contributed by atoms with Gasteiger partial charge in [-0.1, -0.05) is 79.0 Å². The van der Waals surface area contributed by atoms with Crippen LogP contribution in [-0.2, 0) is 6.54 Å². The molecule has 0 unspecified atom stereocenters. The van der Waals surface area contributed by atoms with E-state index in [2.05, 4.69) is 13.0 Å². The molecule has 0 N–H and O–H groups in total. The predicted molar refractivity (Wildman–Crippen MR) is 147 cm³/mol. The van der Waals surface area contributed by atoms with E-state index in [1.165, 1.54) is 0 Å². The van der Waals surface area contributed by atoms with E-state index in [0.717, 1.165) is 51.8 Å². The van der Waals surface area contributed by atoms with Gasteiger partial charge in [0.25, 0.3) is 5.56 Å². The summed E-state index contributed by atoms with van der Waals surface area (Å²) < 4.78 is 1.90. The average molecular weight is 499 g/mol. The van der Waals surface area contributed by atoms with Crippen molar-refractivity contribution < 1.29 is 0 Å². The molecular formula is C30H24Cl2N2O. The minimum Gasteiger partial charge on any atom is -0.308 e. The number of benzene rings is 3. The van der Waals surface area contributed by atoms with E-state index in [4.69, 9.17) is 28.2 Å². The van der Waals surface area contributed by atoms with Crippen molar-refractivity contribution in [1.29, 1.82) is 0 Å². The van der Waals surface area contributed by atoms with Crippen molar-refractivity contribution in [3.63, 3.8) is 0 Å². The maximum Gasteiger partial charge on any atom is 0.258 e. The van der Waals surface area contributed by atoms with Gasteiger partial charge in [0.15, 0.2) is 0 Å². The van der Waals surface area contributed by atoms with Gasteiger partial charge in [-0.15, -0.1) is 0 Å². The highest BCUT2D eigenvalue weighted by Crippen LogP contribution is 2.31. The Bertz CT molecular complexity index is 1490. The van der Waals surface area contributed by atoms with Crippen LogP contribution in [0.2, 0.25) is 10.0 Å². The van der Waals surface area contributed by atoms with E-state index < -0.39 is 0 Å². The zero-order valence-corrected chi connectivity index (χ0v) is 20.9. The first-order valence-corrected chi connectivity index (χ1v) is 12.5. The lowest BCUT2D eigenvalue weighted by atomic mass is 9.99. The topological polar surface area (TPSA) is 34.9 Å². The van der Waals surface area contributed by atoms with Gasteiger partial charge in [-0.05, 0) is 65.9 Å². The fourth-order valence-corrected chi connectivity index (χ4v) is 4.55. The number of hydrogen-bond donors (Lipinski definition) is 0. The zero-order chi connectivity index (χ0) is 24.4. The number of pyridine rings is 2. The van der Waals surface area contributed by atoms with Crippen LogP contribution in [0.15, 0.2) is 95.8 Å². The number of halogens is 2. The maximum absolute atomic E-state index is 13.8. The quantitative estimate of drug-likeness (QED) is 0.235. The largest absolute Gasteiger partial charge is 0.308 e. The first-order chi connectivity index (χ1) is 17.0. The Kier molecular flexibility index (Phi) is 6.72. The Morgan fingerprint density at radius 2 is 1.31 bits per heavy atom. The molecule has 3 nitrogen and oxygen atoms in total. The molecule has 35 heavy (non-hydrogen) atoms. The predicted octanol–water partition coefficient (Wildman–Crippen LogP) is 8.50. The van der Waals surface area contributed by atoms with Gasteiger partial charge in [-0.2, -0.15) is 0 Å². The van der Waals surface area contributed by atoms with E-state index in [-0.39, 0.29) is 5.56 Å². The third-order valence-electron chi connectivity index (χ3n) is 6.15. The lowest BCUT2D eigenvalue weighted by Crippen LogP contribution is -2.22. The van der Waals surface area contributed by atoms with E-state index in [1.54, 1.807) is 0 Å². The molecule has 2 aromatic heterocycles. The lowest BCUT2D eigenvalue weighted by Gasteiger charge is -2.15. The molecule has 0 aliphatic heterocycles. The maximum atomic E-state index is 13.8. The number of fused-ring (bicyclic) bond motifs is 1. The van der Waals surface area contributed by atoms with Crippen LogP contribution < -0.4 is 5.56 Å². The van der Waals surface area contributed by atoms with E-state index in [0.29, 0.717) is 22.2 Å². The SMILES string of the molecule is CCCCn1c(=O)c(-c2cc(-c3ccc(Cl)cc3)nc(-c3ccc(Cl)cc3)c2)cc2ccccc21. The molecule has 5 rings (SSSR count). The summed E-state index contributed by atoms with van der Waals surface area (Å²) in [7, 11) is 0. The fraction of sp³-hybridized carbons (Fsp3) is 0.133. The van der Waals surface area contributed by atoms with E-state index >= 15 is 0 Å². The second kappa shape index (κ2) is 10.1. The first-order valence-electron chi connectivity index (χ1n) is 11.7. The molecule has 0 radical (unpaired) electrons. The summed E-state index contributed by atoms with van der Waals surface area (Å²) >= 11 is 12.3. The molecular weight excluding hydrogens is 475 g/mol. The monoisotopic (exact) mass is 498 g/mol. The Balaban J connectivity index is 1.76. The smallest absolute Gasteiger partial charge is 0.258 e. The minimum atomic E-state index is 0.00691. The Hall–Kier alpha value is -3.40. The second-order valence-corrected chi connectivity index (χ2v) is 9.44. The minimum absolute atomic E-state index is 0.00691. The number of para-hydroxylation sites is 1. The van der Waals surface area contributed by atoms with Crippen molar-refractivity contribution >= 4 is 34.1 Å². The molecule has 2 heterocycles. The number of unbranched alkanes of at least 4 members (excludes halogenated alkanes) is 1. The molecule has 0 bridgehead atoms. The molecule has 0 aliphatic carbocycles. The lowest BCUT2D eigenvalue weighted by molar-refractivity contribution is 0.633. The van der Waals surface area contributed by atoms with Crippen molar-refractivity contribution in [1.82, 2.24) is 9.55 Å². The van der Waals surface area contributed by atoms with Crippen molar-refractivity contribution in [3.05, 3.63) is 111 Å². The summed E-state index contributed by atoms with van der Waals surface area (Å²) in [4.78, 5) is 18.7. The average Bonchev–Trinajstić information content (AvgIpc) is 2.88. The van der Waals surface area contributed by atoms with Crippen LogP contribution >= 0.6 is 23.2 Å². The van der Waals surface area contributed by atoms with Gasteiger partial charge in [-0.25, -0.2) is 4.98 Å². The Morgan fingerprint density at radius 1 is 0.743 bits per heavy atom. The number of rotatable bonds is 6. The third kappa shape index (κ3) is 4.88. The van der Waals surface area contributed by atoms with Gasteiger partial charge in [-0.3, -0.25) is 4.79 Å². The van der Waals surface area contributed by atoms with Crippen LogP contribution in [0.3, 0.4) is 0 Å². The molecule has 0 spiro atoms. The summed E-state index contributed by atoms with van der Waals surface area (Å²) in [5, 5.41) is 2.36. The zero-order valence-electron chi connectivity index (χ0n) is 19.3. The highest BCUT2D eigenvalue weighted by Gasteiger charge is 2.15. The molecule has 3 aromatic carbocycles. The molecule has 0 atom stereocenters. The standard InChI is InChI=1S/C30H24Cl2N2O/c1-2-3-16-34-29-7-5-4-6-22(29)17-26(30(34)35)23-18-27(20-8-12-24(31)13-9-20)33-28(19-23)21-10-14-25(32)15-11-21/h4-15,17-19H,2-3,16H2,1H3. The molecule has 0 aliphatic rings. The molecule has 5 aromatic rings. The van der Waals surface area contributed by atoms with Crippen molar-refractivity contribution in [2.24, 2.45) is 0 Å². The van der Waals surface area contributed by atoms with Crippen LogP contribution in [0.1, 0.15) is 19.8 Å². The van der Waals surface area contributed by atoms with Crippen LogP contribution in [0.4, 0.5) is 0 Å². The van der Waals surface area contributed by atoms with Crippen LogP contribution in [0.5, 0.6) is 0 Å². The van der Waals surface area contributed by atoms with Crippen LogP contribution in [0.25, 0.3) is 44.5 Å². The third-order valence-corrected chi connectivity index (χ3v) is 6.66. The summed E-state index contributed by atoms with van der Waals surface area (Å²) in [6.45, 7) is 2.82. The highest BCUT2D eigenvalue weighted by molar-refractivity contribution is 6.30. The molecule has 0 saturated carbocycles. The summed E-state index contributed by atoms with van der Waals surface area (Å²) in [5.41, 5.74) is 5.86. The molecule has 5 heteroatoms. The summed E-state index contributed by atoms with van der Waals surface area (Å²) in [6.07, 6.45) is 1.96. The van der Waals surface area contributed by atoms with Gasteiger partial charge < -0.3 is 4.57 Å². The number of aromatic nitrogens is 2. The Labute approximate surface area is 214 Å². The fourth-order valence-electron chi connectivity index (χ4n) is 4.30. The van der Waals surface area contributed by atoms with Gasteiger partial charge in [0.2, 0.25) is 0 Å². The molecule has 0 amide bonds. The summed E-state index contributed by atoms with van der Waals surface area (Å²) in [6, 6.07) is 29.2. The van der Waals surface area contributed by atoms with Gasteiger partial charge in [0.1, 0.15) is 0 Å². The van der Waals surface area contributed by atoms with Gasteiger partial charge in [0, 0.05) is 33.3 Å². The van der Waals surface area contributed by atoms with Gasteiger partial charge in [0.05, 0.1) is 16.9 Å². The van der Waals surface area contributed by atoms with Crippen LogP contribution in [0, 0.1) is 0 Å². The molecule has 174 valence electrons. The first kappa shape index (κ1) is 23.3. The summed E-state index contributed by atoms with van der Waals surface area (Å²) in [5.74, 6) is 0. The molecule has 0 saturated heterocycles. The highest BCUT2D eigenvalue weighted by atomic mass is 35.5. The van der Waals surface area contributed by atoms with Gasteiger partial charge >= 0.3 is 0 Å². The van der Waals surface area contributed by atoms with E-state index in [1.807, 2.05) is 89.5 Å².